The van der Waals surface area contributed by atoms with E-state index in [2.05, 4.69) is 24.1 Å². The van der Waals surface area contributed by atoms with E-state index in [1.54, 1.807) is 12.1 Å². The van der Waals surface area contributed by atoms with Crippen LogP contribution >= 0.6 is 0 Å². The number of alkyl halides is 3. The Morgan fingerprint density at radius 3 is 2.00 bits per heavy atom. The molecular weight excluding hydrogens is 241 g/mol. The normalized spacial score (nSPS) is 25.3. The number of halogens is 3. The van der Waals surface area contributed by atoms with Gasteiger partial charge in [0.2, 0.25) is 0 Å². The quantitative estimate of drug-likeness (QED) is 0.833. The largest absolute Gasteiger partial charge is 0.416 e. The van der Waals surface area contributed by atoms with Crippen LogP contribution in [0.5, 0.6) is 0 Å². The Labute approximate surface area is 105 Å². The predicted molar refractivity (Wildman–Crippen MR) is 65.7 cm³/mol. The Hall–Kier alpha value is -1.23. The molecule has 0 spiro atoms. The minimum absolute atomic E-state index is 0.344. The molecule has 0 aromatic heterocycles. The van der Waals surface area contributed by atoms with Gasteiger partial charge in [0.05, 0.1) is 5.56 Å². The average Bonchev–Trinajstić information content (AvgIpc) is 2.27. The number of hydrogen-bond acceptors (Lipinski definition) is 2. The predicted octanol–water partition coefficient (Wildman–Crippen LogP) is 2.89. The molecule has 1 aliphatic heterocycles. The van der Waals surface area contributed by atoms with Gasteiger partial charge in [0.25, 0.3) is 0 Å². The van der Waals surface area contributed by atoms with Crippen LogP contribution in [0.1, 0.15) is 19.4 Å². The third kappa shape index (κ3) is 2.96. The van der Waals surface area contributed by atoms with Crippen molar-refractivity contribution in [3.8, 4) is 0 Å². The van der Waals surface area contributed by atoms with E-state index in [0.717, 1.165) is 30.9 Å². The van der Waals surface area contributed by atoms with Gasteiger partial charge < -0.3 is 10.2 Å². The molecule has 18 heavy (non-hydrogen) atoms. The molecule has 1 aliphatic rings. The summed E-state index contributed by atoms with van der Waals surface area (Å²) in [5.74, 6) is 0. The van der Waals surface area contributed by atoms with Gasteiger partial charge in [-0.1, -0.05) is 0 Å². The van der Waals surface area contributed by atoms with Gasteiger partial charge in [-0.3, -0.25) is 0 Å². The zero-order valence-electron chi connectivity index (χ0n) is 10.5. The van der Waals surface area contributed by atoms with Crippen LogP contribution in [-0.4, -0.2) is 25.2 Å². The summed E-state index contributed by atoms with van der Waals surface area (Å²) in [6.07, 6.45) is -4.26. The molecule has 2 atom stereocenters. The molecule has 1 aromatic carbocycles. The van der Waals surface area contributed by atoms with Gasteiger partial charge in [-0.25, -0.2) is 0 Å². The molecule has 0 bridgehead atoms. The van der Waals surface area contributed by atoms with Crippen LogP contribution in [0.25, 0.3) is 0 Å². The van der Waals surface area contributed by atoms with Crippen LogP contribution in [0.15, 0.2) is 24.3 Å². The van der Waals surface area contributed by atoms with Crippen molar-refractivity contribution in [2.75, 3.05) is 18.0 Å². The number of nitrogens with one attached hydrogen (secondary N) is 1. The lowest BCUT2D eigenvalue weighted by Gasteiger charge is -2.37. The number of benzene rings is 1. The summed E-state index contributed by atoms with van der Waals surface area (Å²) in [6.45, 7) is 5.78. The lowest BCUT2D eigenvalue weighted by molar-refractivity contribution is -0.137. The molecule has 0 aliphatic carbocycles. The topological polar surface area (TPSA) is 15.3 Å². The van der Waals surface area contributed by atoms with Crippen LogP contribution in [-0.2, 0) is 6.18 Å². The molecule has 0 radical (unpaired) electrons. The van der Waals surface area contributed by atoms with Crippen LogP contribution < -0.4 is 10.2 Å². The van der Waals surface area contributed by atoms with E-state index >= 15 is 0 Å². The van der Waals surface area contributed by atoms with Crippen molar-refractivity contribution in [3.05, 3.63) is 29.8 Å². The van der Waals surface area contributed by atoms with Crippen LogP contribution in [0.3, 0.4) is 0 Å². The molecule has 2 rings (SSSR count). The van der Waals surface area contributed by atoms with Crippen molar-refractivity contribution >= 4 is 5.69 Å². The van der Waals surface area contributed by atoms with Gasteiger partial charge in [0.1, 0.15) is 0 Å². The number of nitrogens with zero attached hydrogens (tertiary/aromatic N) is 1. The van der Waals surface area contributed by atoms with Crippen molar-refractivity contribution in [1.82, 2.24) is 5.32 Å². The highest BCUT2D eigenvalue weighted by Crippen LogP contribution is 2.30. The lowest BCUT2D eigenvalue weighted by Crippen LogP contribution is -2.54. The molecule has 0 saturated carbocycles. The zero-order chi connectivity index (χ0) is 13.3. The monoisotopic (exact) mass is 258 g/mol. The third-order valence-corrected chi connectivity index (χ3v) is 3.12. The summed E-state index contributed by atoms with van der Waals surface area (Å²) in [7, 11) is 0. The van der Waals surface area contributed by atoms with Gasteiger partial charge in [-0.2, -0.15) is 13.2 Å². The first-order chi connectivity index (χ1) is 8.36. The highest BCUT2D eigenvalue weighted by atomic mass is 19.4. The standard InChI is InChI=1S/C13H17F3N2/c1-9-7-18(8-10(2)17-9)12-5-3-11(4-6-12)13(14,15)16/h3-6,9-10,17H,7-8H2,1-2H3/t9-,10?/m1/s1. The second-order valence-electron chi connectivity index (χ2n) is 4.92. The summed E-state index contributed by atoms with van der Waals surface area (Å²) >= 11 is 0. The van der Waals surface area contributed by atoms with Gasteiger partial charge in [0.15, 0.2) is 0 Å². The average molecular weight is 258 g/mol. The highest BCUT2D eigenvalue weighted by molar-refractivity contribution is 5.49. The van der Waals surface area contributed by atoms with E-state index in [1.807, 2.05) is 0 Å². The summed E-state index contributed by atoms with van der Waals surface area (Å²) < 4.78 is 37.4. The smallest absolute Gasteiger partial charge is 0.368 e. The van der Waals surface area contributed by atoms with E-state index < -0.39 is 11.7 Å². The fraction of sp³-hybridized carbons (Fsp3) is 0.538. The van der Waals surface area contributed by atoms with Gasteiger partial charge in [-0.05, 0) is 38.1 Å². The highest BCUT2D eigenvalue weighted by Gasteiger charge is 2.30. The Balaban J connectivity index is 2.14. The maximum Gasteiger partial charge on any atom is 0.416 e. The molecule has 1 unspecified atom stereocenters. The van der Waals surface area contributed by atoms with Crippen molar-refractivity contribution < 1.29 is 13.2 Å². The Morgan fingerprint density at radius 1 is 1.06 bits per heavy atom. The number of rotatable bonds is 1. The molecule has 1 heterocycles. The molecule has 100 valence electrons. The molecule has 2 nitrogen and oxygen atoms in total. The maximum atomic E-state index is 12.5. The van der Waals surface area contributed by atoms with Crippen molar-refractivity contribution in [2.45, 2.75) is 32.1 Å². The maximum absolute atomic E-state index is 12.5. The second kappa shape index (κ2) is 4.80. The van der Waals surface area contributed by atoms with Gasteiger partial charge >= 0.3 is 6.18 Å². The van der Waals surface area contributed by atoms with E-state index in [4.69, 9.17) is 0 Å². The van der Waals surface area contributed by atoms with E-state index in [0.29, 0.717) is 12.1 Å². The number of piperazine rings is 1. The molecule has 5 heteroatoms. The van der Waals surface area contributed by atoms with E-state index in [-0.39, 0.29) is 0 Å². The molecule has 1 N–H and O–H groups in total. The summed E-state index contributed by atoms with van der Waals surface area (Å²) in [4.78, 5) is 2.12. The first kappa shape index (κ1) is 13.2. The fourth-order valence-corrected chi connectivity index (χ4v) is 2.40. The fourth-order valence-electron chi connectivity index (χ4n) is 2.40. The molecule has 0 amide bonds. The lowest BCUT2D eigenvalue weighted by atomic mass is 10.1. The Morgan fingerprint density at radius 2 is 1.56 bits per heavy atom. The van der Waals surface area contributed by atoms with Crippen LogP contribution in [0.2, 0.25) is 0 Å². The zero-order valence-corrected chi connectivity index (χ0v) is 10.5. The first-order valence-electron chi connectivity index (χ1n) is 6.04. The minimum Gasteiger partial charge on any atom is -0.368 e. The van der Waals surface area contributed by atoms with Gasteiger partial charge in [0, 0.05) is 30.9 Å². The Bertz CT molecular complexity index is 390. The minimum atomic E-state index is -4.26. The molecular formula is C13H17F3N2. The van der Waals surface area contributed by atoms with Gasteiger partial charge in [-0.15, -0.1) is 0 Å². The van der Waals surface area contributed by atoms with Crippen molar-refractivity contribution in [3.63, 3.8) is 0 Å². The summed E-state index contributed by atoms with van der Waals surface area (Å²) in [6, 6.07) is 6.08. The summed E-state index contributed by atoms with van der Waals surface area (Å²) in [5.41, 5.74) is 0.255. The first-order valence-corrected chi connectivity index (χ1v) is 6.04. The molecule has 1 aromatic rings. The van der Waals surface area contributed by atoms with Crippen LogP contribution in [0.4, 0.5) is 18.9 Å². The second-order valence-corrected chi connectivity index (χ2v) is 4.92. The number of hydrogen-bond donors (Lipinski definition) is 1. The van der Waals surface area contributed by atoms with Crippen molar-refractivity contribution in [2.24, 2.45) is 0 Å². The van der Waals surface area contributed by atoms with Crippen molar-refractivity contribution in [1.29, 1.82) is 0 Å². The van der Waals surface area contributed by atoms with E-state index in [9.17, 15) is 13.2 Å². The third-order valence-electron chi connectivity index (χ3n) is 3.12. The van der Waals surface area contributed by atoms with Crippen LogP contribution in [0, 0.1) is 0 Å². The molecule has 1 saturated heterocycles. The Kier molecular flexibility index (Phi) is 3.52. The van der Waals surface area contributed by atoms with E-state index in [1.165, 1.54) is 0 Å². The summed E-state index contributed by atoms with van der Waals surface area (Å²) in [5, 5.41) is 3.39. The SMILES string of the molecule is CC1CN(c2ccc(C(F)(F)F)cc2)C[C@@H](C)N1. The number of anilines is 1. The molecule has 1 fully saturated rings.